The molecule has 0 aliphatic heterocycles. The van der Waals surface area contributed by atoms with E-state index < -0.39 is 0 Å². The summed E-state index contributed by atoms with van der Waals surface area (Å²) in [6, 6.07) is 8.55. The number of aryl methyl sites for hydroxylation is 2. The second kappa shape index (κ2) is 3.17. The van der Waals surface area contributed by atoms with Crippen LogP contribution in [0, 0.1) is 6.92 Å². The SMILES string of the molecule is CCc1cccc2cnc(C)cc12. The number of hydrogen-bond acceptors (Lipinski definition) is 1. The second-order valence-corrected chi connectivity index (χ2v) is 3.32. The average molecular weight is 171 g/mol. The van der Waals surface area contributed by atoms with Gasteiger partial charge in [0.15, 0.2) is 0 Å². The lowest BCUT2D eigenvalue weighted by Gasteiger charge is -2.03. The smallest absolute Gasteiger partial charge is 0.0379 e. The van der Waals surface area contributed by atoms with E-state index >= 15 is 0 Å². The highest BCUT2D eigenvalue weighted by molar-refractivity contribution is 5.85. The third-order valence-electron chi connectivity index (χ3n) is 2.37. The van der Waals surface area contributed by atoms with E-state index in [1.54, 1.807) is 0 Å². The number of fused-ring (bicyclic) bond motifs is 1. The summed E-state index contributed by atoms with van der Waals surface area (Å²) in [7, 11) is 0. The van der Waals surface area contributed by atoms with Crippen molar-refractivity contribution in [1.82, 2.24) is 4.98 Å². The minimum absolute atomic E-state index is 1.08. The molecule has 0 saturated heterocycles. The molecule has 1 heteroatoms. The lowest BCUT2D eigenvalue weighted by molar-refractivity contribution is 1.15. The van der Waals surface area contributed by atoms with Crippen LogP contribution in [0.15, 0.2) is 30.5 Å². The van der Waals surface area contributed by atoms with Gasteiger partial charge in [-0.05, 0) is 30.4 Å². The van der Waals surface area contributed by atoms with E-state index in [0.29, 0.717) is 0 Å². The van der Waals surface area contributed by atoms with Gasteiger partial charge >= 0.3 is 0 Å². The summed E-state index contributed by atoms with van der Waals surface area (Å²) in [5.74, 6) is 0. The number of nitrogens with zero attached hydrogens (tertiary/aromatic N) is 1. The summed E-state index contributed by atoms with van der Waals surface area (Å²) in [5, 5.41) is 2.59. The van der Waals surface area contributed by atoms with Crippen LogP contribution in [0.2, 0.25) is 0 Å². The fourth-order valence-electron chi connectivity index (χ4n) is 1.65. The van der Waals surface area contributed by atoms with Crippen molar-refractivity contribution in [3.05, 3.63) is 41.7 Å². The molecule has 0 aliphatic carbocycles. The first kappa shape index (κ1) is 8.24. The highest BCUT2D eigenvalue weighted by atomic mass is 14.6. The lowest BCUT2D eigenvalue weighted by atomic mass is 10.0. The molecule has 0 spiro atoms. The van der Waals surface area contributed by atoms with Crippen molar-refractivity contribution in [2.45, 2.75) is 20.3 Å². The van der Waals surface area contributed by atoms with E-state index in [4.69, 9.17) is 0 Å². The normalized spacial score (nSPS) is 10.6. The standard InChI is InChI=1S/C12H13N/c1-3-10-5-4-6-11-8-13-9(2)7-12(10)11/h4-8H,3H2,1-2H3. The minimum atomic E-state index is 1.08. The maximum absolute atomic E-state index is 4.28. The maximum Gasteiger partial charge on any atom is 0.0379 e. The Morgan fingerprint density at radius 3 is 2.92 bits per heavy atom. The van der Waals surface area contributed by atoms with Gasteiger partial charge in [0.1, 0.15) is 0 Å². The molecule has 0 bridgehead atoms. The van der Waals surface area contributed by atoms with Gasteiger partial charge in [0.25, 0.3) is 0 Å². The molecule has 0 N–H and O–H groups in total. The van der Waals surface area contributed by atoms with E-state index in [0.717, 1.165) is 12.1 Å². The van der Waals surface area contributed by atoms with Gasteiger partial charge in [0.05, 0.1) is 0 Å². The summed E-state index contributed by atoms with van der Waals surface area (Å²) >= 11 is 0. The van der Waals surface area contributed by atoms with Crippen LogP contribution >= 0.6 is 0 Å². The van der Waals surface area contributed by atoms with Crippen molar-refractivity contribution in [3.63, 3.8) is 0 Å². The second-order valence-electron chi connectivity index (χ2n) is 3.32. The third kappa shape index (κ3) is 1.42. The molecule has 1 heterocycles. The number of aromatic nitrogens is 1. The monoisotopic (exact) mass is 171 g/mol. The topological polar surface area (TPSA) is 12.9 Å². The number of pyridine rings is 1. The Balaban J connectivity index is 2.79. The van der Waals surface area contributed by atoms with Crippen LogP contribution in [-0.2, 0) is 6.42 Å². The van der Waals surface area contributed by atoms with Gasteiger partial charge in [-0.2, -0.15) is 0 Å². The number of rotatable bonds is 1. The van der Waals surface area contributed by atoms with Crippen LogP contribution in [0.25, 0.3) is 10.8 Å². The Labute approximate surface area is 78.4 Å². The molecule has 0 radical (unpaired) electrons. The zero-order valence-electron chi connectivity index (χ0n) is 8.04. The summed E-state index contributed by atoms with van der Waals surface area (Å²) in [4.78, 5) is 4.28. The molecule has 2 rings (SSSR count). The molecule has 0 unspecified atom stereocenters. The van der Waals surface area contributed by atoms with Gasteiger partial charge in [0.2, 0.25) is 0 Å². The highest BCUT2D eigenvalue weighted by Gasteiger charge is 1.98. The van der Waals surface area contributed by atoms with Crippen molar-refractivity contribution in [2.75, 3.05) is 0 Å². The first-order chi connectivity index (χ1) is 6.31. The third-order valence-corrected chi connectivity index (χ3v) is 2.37. The summed E-state index contributed by atoms with van der Waals surface area (Å²) in [6.07, 6.45) is 3.03. The van der Waals surface area contributed by atoms with E-state index in [2.05, 4.69) is 36.2 Å². The Kier molecular flexibility index (Phi) is 2.01. The minimum Gasteiger partial charge on any atom is -0.261 e. The molecule has 1 aromatic carbocycles. The molecule has 0 aliphatic rings. The first-order valence-electron chi connectivity index (χ1n) is 4.65. The molecule has 13 heavy (non-hydrogen) atoms. The van der Waals surface area contributed by atoms with Crippen LogP contribution in [0.5, 0.6) is 0 Å². The highest BCUT2D eigenvalue weighted by Crippen LogP contribution is 2.18. The van der Waals surface area contributed by atoms with Crippen LogP contribution in [0.1, 0.15) is 18.2 Å². The van der Waals surface area contributed by atoms with Gasteiger partial charge in [-0.15, -0.1) is 0 Å². The van der Waals surface area contributed by atoms with Crippen LogP contribution in [0.4, 0.5) is 0 Å². The number of hydrogen-bond donors (Lipinski definition) is 0. The Hall–Kier alpha value is -1.37. The molecule has 0 amide bonds. The summed E-state index contributed by atoms with van der Waals surface area (Å²) in [5.41, 5.74) is 2.50. The zero-order valence-corrected chi connectivity index (χ0v) is 8.04. The molecule has 2 aromatic rings. The molecule has 0 fully saturated rings. The Morgan fingerprint density at radius 2 is 2.15 bits per heavy atom. The van der Waals surface area contributed by atoms with Crippen molar-refractivity contribution in [2.24, 2.45) is 0 Å². The van der Waals surface area contributed by atoms with Crippen molar-refractivity contribution < 1.29 is 0 Å². The zero-order chi connectivity index (χ0) is 9.26. The summed E-state index contributed by atoms with van der Waals surface area (Å²) < 4.78 is 0. The van der Waals surface area contributed by atoms with E-state index in [-0.39, 0.29) is 0 Å². The fraction of sp³-hybridized carbons (Fsp3) is 0.250. The van der Waals surface area contributed by atoms with Crippen molar-refractivity contribution >= 4 is 10.8 Å². The first-order valence-corrected chi connectivity index (χ1v) is 4.65. The molecule has 1 aromatic heterocycles. The molecular formula is C12H13N. The largest absolute Gasteiger partial charge is 0.261 e. The van der Waals surface area contributed by atoms with Gasteiger partial charge in [-0.1, -0.05) is 25.1 Å². The molecule has 0 saturated carbocycles. The van der Waals surface area contributed by atoms with E-state index in [9.17, 15) is 0 Å². The van der Waals surface area contributed by atoms with Crippen LogP contribution in [-0.4, -0.2) is 4.98 Å². The molecule has 1 nitrogen and oxygen atoms in total. The van der Waals surface area contributed by atoms with Crippen LogP contribution < -0.4 is 0 Å². The molecular weight excluding hydrogens is 158 g/mol. The van der Waals surface area contributed by atoms with Gasteiger partial charge in [-0.25, -0.2) is 0 Å². The Morgan fingerprint density at radius 1 is 1.31 bits per heavy atom. The predicted octanol–water partition coefficient (Wildman–Crippen LogP) is 3.11. The quantitative estimate of drug-likeness (QED) is 0.642. The van der Waals surface area contributed by atoms with Gasteiger partial charge in [0, 0.05) is 17.3 Å². The average Bonchev–Trinajstić information content (AvgIpc) is 2.17. The molecule has 0 atom stereocenters. The fourth-order valence-corrected chi connectivity index (χ4v) is 1.65. The van der Waals surface area contributed by atoms with E-state index in [1.807, 2.05) is 13.1 Å². The summed E-state index contributed by atoms with van der Waals surface area (Å²) in [6.45, 7) is 4.22. The maximum atomic E-state index is 4.28. The van der Waals surface area contributed by atoms with Gasteiger partial charge < -0.3 is 0 Å². The number of benzene rings is 1. The Bertz CT molecular complexity index is 432. The van der Waals surface area contributed by atoms with Crippen molar-refractivity contribution in [3.8, 4) is 0 Å². The van der Waals surface area contributed by atoms with Crippen LogP contribution in [0.3, 0.4) is 0 Å². The lowest BCUT2D eigenvalue weighted by Crippen LogP contribution is -1.86. The molecule has 66 valence electrons. The predicted molar refractivity (Wildman–Crippen MR) is 55.9 cm³/mol. The van der Waals surface area contributed by atoms with Crippen molar-refractivity contribution in [1.29, 1.82) is 0 Å². The van der Waals surface area contributed by atoms with Gasteiger partial charge in [-0.3, -0.25) is 4.98 Å². The van der Waals surface area contributed by atoms with E-state index in [1.165, 1.54) is 16.3 Å².